The first kappa shape index (κ1) is 20.2. The van der Waals surface area contributed by atoms with Crippen molar-refractivity contribution in [3.05, 3.63) is 23.9 Å². The molecule has 26 heavy (non-hydrogen) atoms. The summed E-state index contributed by atoms with van der Waals surface area (Å²) in [5, 5.41) is 2.63. The molecule has 7 nitrogen and oxygen atoms in total. The summed E-state index contributed by atoms with van der Waals surface area (Å²) in [5.74, 6) is 5.47. The number of hydrogen-bond donors (Lipinski definition) is 3. The number of nitrogens with zero attached hydrogens (tertiary/aromatic N) is 2. The van der Waals surface area contributed by atoms with Crippen molar-refractivity contribution in [2.75, 3.05) is 18.5 Å². The Kier molecular flexibility index (Phi) is 5.97. The molecular formula is C16H24F3N5O2. The van der Waals surface area contributed by atoms with Crippen LogP contribution >= 0.6 is 0 Å². The van der Waals surface area contributed by atoms with Gasteiger partial charge in [0.15, 0.2) is 0 Å². The largest absolute Gasteiger partial charge is 0.444 e. The minimum Gasteiger partial charge on any atom is -0.444 e. The fraction of sp³-hybridized carbons (Fsp3) is 0.625. The molecule has 0 bridgehead atoms. The van der Waals surface area contributed by atoms with Crippen LogP contribution in [0.4, 0.5) is 23.8 Å². The minimum absolute atomic E-state index is 0.0226. The third-order valence-electron chi connectivity index (χ3n) is 3.87. The number of aromatic nitrogens is 1. The van der Waals surface area contributed by atoms with E-state index < -0.39 is 30.0 Å². The van der Waals surface area contributed by atoms with Gasteiger partial charge in [0.25, 0.3) is 0 Å². The van der Waals surface area contributed by atoms with Crippen LogP contribution in [0, 0.1) is 0 Å². The molecule has 4 N–H and O–H groups in total. The van der Waals surface area contributed by atoms with Crippen LogP contribution in [0.1, 0.15) is 38.8 Å². The highest BCUT2D eigenvalue weighted by Crippen LogP contribution is 2.39. The Balaban J connectivity index is 2.07. The lowest BCUT2D eigenvalue weighted by Crippen LogP contribution is -2.42. The van der Waals surface area contributed by atoms with E-state index in [1.165, 1.54) is 17.0 Å². The molecule has 0 aromatic carbocycles. The van der Waals surface area contributed by atoms with Gasteiger partial charge < -0.3 is 15.5 Å². The Morgan fingerprint density at radius 3 is 2.58 bits per heavy atom. The second kappa shape index (κ2) is 7.67. The Morgan fingerprint density at radius 2 is 2.08 bits per heavy atom. The molecular weight excluding hydrogens is 351 g/mol. The van der Waals surface area contributed by atoms with E-state index in [-0.39, 0.29) is 24.5 Å². The third-order valence-corrected chi connectivity index (χ3v) is 3.87. The van der Waals surface area contributed by atoms with Crippen molar-refractivity contribution in [2.24, 2.45) is 5.84 Å². The normalized spacial score (nSPS) is 19.9. The number of halogens is 3. The molecule has 1 saturated heterocycles. The molecule has 1 aromatic heterocycles. The molecule has 2 atom stereocenters. The number of hydrogen-bond acceptors (Lipinski definition) is 6. The van der Waals surface area contributed by atoms with Crippen molar-refractivity contribution in [3.8, 4) is 0 Å². The molecule has 0 unspecified atom stereocenters. The molecule has 0 spiro atoms. The Labute approximate surface area is 150 Å². The number of anilines is 1. The van der Waals surface area contributed by atoms with Crippen LogP contribution in [-0.4, -0.2) is 46.9 Å². The third kappa shape index (κ3) is 5.46. The number of hydrazine groups is 1. The number of likely N-dealkylation sites (tertiary alicyclic amines) is 1. The monoisotopic (exact) mass is 375 g/mol. The second-order valence-electron chi connectivity index (χ2n) is 7.19. The van der Waals surface area contributed by atoms with Crippen LogP contribution in [0.15, 0.2) is 18.3 Å². The highest BCUT2D eigenvalue weighted by atomic mass is 19.4. The van der Waals surface area contributed by atoms with Crippen LogP contribution in [0.3, 0.4) is 0 Å². The van der Waals surface area contributed by atoms with E-state index >= 15 is 0 Å². The summed E-state index contributed by atoms with van der Waals surface area (Å²) < 4.78 is 46.0. The average molecular weight is 375 g/mol. The molecule has 0 radical (unpaired) electrons. The van der Waals surface area contributed by atoms with E-state index in [4.69, 9.17) is 10.6 Å². The summed E-state index contributed by atoms with van der Waals surface area (Å²) in [7, 11) is 0. The van der Waals surface area contributed by atoms with E-state index in [1.54, 1.807) is 20.8 Å². The molecule has 2 rings (SSSR count). The highest BCUT2D eigenvalue weighted by Gasteiger charge is 2.47. The van der Waals surface area contributed by atoms with Gasteiger partial charge in [0.1, 0.15) is 17.5 Å². The van der Waals surface area contributed by atoms with Crippen LogP contribution in [0.2, 0.25) is 0 Å². The summed E-state index contributed by atoms with van der Waals surface area (Å²) in [5.41, 5.74) is 1.64. The van der Waals surface area contributed by atoms with Crippen LogP contribution in [-0.2, 0) is 4.74 Å². The second-order valence-corrected chi connectivity index (χ2v) is 7.19. The van der Waals surface area contributed by atoms with Crippen molar-refractivity contribution >= 4 is 11.9 Å². The summed E-state index contributed by atoms with van der Waals surface area (Å²) >= 11 is 0. The standard InChI is InChI=1S/C16H24F3N5O2/c1-15(2,3)26-14(25)22-11-6-7-24(9-11)13(16(17,18)19)10-4-5-12(23-20)21-8-10/h4-5,8,11,13H,6-7,9,20H2,1-3H3,(H,21,23)(H,22,25)/t11-,13+/m1/s1. The Hall–Kier alpha value is -2.07. The molecule has 10 heteroatoms. The van der Waals surface area contributed by atoms with Crippen LogP contribution in [0.5, 0.6) is 0 Å². The summed E-state index contributed by atoms with van der Waals surface area (Å²) in [4.78, 5) is 17.0. The summed E-state index contributed by atoms with van der Waals surface area (Å²) in [6, 6.07) is 0.523. The molecule has 1 fully saturated rings. The molecule has 0 aliphatic carbocycles. The number of nitrogens with one attached hydrogen (secondary N) is 2. The molecule has 2 heterocycles. The van der Waals surface area contributed by atoms with E-state index in [0.717, 1.165) is 6.20 Å². The van der Waals surface area contributed by atoms with E-state index in [2.05, 4.69) is 15.7 Å². The van der Waals surface area contributed by atoms with E-state index in [9.17, 15) is 18.0 Å². The fourth-order valence-electron chi connectivity index (χ4n) is 2.87. The van der Waals surface area contributed by atoms with E-state index in [1.807, 2.05) is 0 Å². The molecule has 0 saturated carbocycles. The highest BCUT2D eigenvalue weighted by molar-refractivity contribution is 5.68. The Bertz CT molecular complexity index is 616. The number of alkyl carbamates (subject to hydrolysis) is 1. The topological polar surface area (TPSA) is 92.5 Å². The lowest BCUT2D eigenvalue weighted by molar-refractivity contribution is -0.183. The van der Waals surface area contributed by atoms with Gasteiger partial charge >= 0.3 is 12.3 Å². The first-order chi connectivity index (χ1) is 12.0. The number of nitrogens with two attached hydrogens (primary N) is 1. The average Bonchev–Trinajstić information content (AvgIpc) is 2.92. The van der Waals surface area contributed by atoms with Gasteiger partial charge in [-0.05, 0) is 38.8 Å². The van der Waals surface area contributed by atoms with Crippen molar-refractivity contribution in [1.29, 1.82) is 0 Å². The van der Waals surface area contributed by atoms with Gasteiger partial charge in [0.2, 0.25) is 0 Å². The number of carbonyl (C=O) groups is 1. The molecule has 1 aromatic rings. The van der Waals surface area contributed by atoms with Crippen molar-refractivity contribution in [2.45, 2.75) is 51.1 Å². The molecule has 1 amide bonds. The predicted molar refractivity (Wildman–Crippen MR) is 90.2 cm³/mol. The molecule has 1 aliphatic heterocycles. The smallest absolute Gasteiger partial charge is 0.408 e. The lowest BCUT2D eigenvalue weighted by Gasteiger charge is -2.30. The number of pyridine rings is 1. The number of amides is 1. The quantitative estimate of drug-likeness (QED) is 0.553. The van der Waals surface area contributed by atoms with Gasteiger partial charge in [-0.25, -0.2) is 15.6 Å². The maximum Gasteiger partial charge on any atom is 0.408 e. The van der Waals surface area contributed by atoms with Gasteiger partial charge in [-0.15, -0.1) is 0 Å². The fourth-order valence-corrected chi connectivity index (χ4v) is 2.87. The number of alkyl halides is 3. The zero-order valence-corrected chi connectivity index (χ0v) is 14.9. The molecule has 146 valence electrons. The van der Waals surface area contributed by atoms with Crippen molar-refractivity contribution in [1.82, 2.24) is 15.2 Å². The first-order valence-corrected chi connectivity index (χ1v) is 8.22. The van der Waals surface area contributed by atoms with Gasteiger partial charge in [-0.2, -0.15) is 13.2 Å². The van der Waals surface area contributed by atoms with Gasteiger partial charge in [0, 0.05) is 25.3 Å². The number of rotatable bonds is 4. The maximum absolute atomic E-state index is 13.6. The Morgan fingerprint density at radius 1 is 1.38 bits per heavy atom. The summed E-state index contributed by atoms with van der Waals surface area (Å²) in [6.45, 7) is 5.43. The number of nitrogen functional groups attached to an aromatic ring is 1. The molecule has 1 aliphatic rings. The van der Waals surface area contributed by atoms with Gasteiger partial charge in [-0.3, -0.25) is 4.90 Å². The minimum atomic E-state index is -4.47. The number of carbonyl (C=O) groups excluding carboxylic acids is 1. The van der Waals surface area contributed by atoms with Gasteiger partial charge in [0.05, 0.1) is 0 Å². The van der Waals surface area contributed by atoms with E-state index in [0.29, 0.717) is 6.42 Å². The van der Waals surface area contributed by atoms with Crippen LogP contribution in [0.25, 0.3) is 0 Å². The lowest BCUT2D eigenvalue weighted by atomic mass is 10.1. The summed E-state index contributed by atoms with van der Waals surface area (Å²) in [6.07, 6.45) is -3.54. The van der Waals surface area contributed by atoms with Crippen molar-refractivity contribution < 1.29 is 22.7 Å². The number of ether oxygens (including phenoxy) is 1. The first-order valence-electron chi connectivity index (χ1n) is 8.22. The van der Waals surface area contributed by atoms with Crippen molar-refractivity contribution in [3.63, 3.8) is 0 Å². The SMILES string of the molecule is CC(C)(C)OC(=O)N[C@@H]1CCN([C@@H](c2ccc(NN)nc2)C(F)(F)F)C1. The van der Waals surface area contributed by atoms with Gasteiger partial charge in [-0.1, -0.05) is 6.07 Å². The van der Waals surface area contributed by atoms with Crippen LogP contribution < -0.4 is 16.6 Å². The zero-order valence-electron chi connectivity index (χ0n) is 14.9. The predicted octanol–water partition coefficient (Wildman–Crippen LogP) is 2.57. The zero-order chi connectivity index (χ0) is 19.5. The maximum atomic E-state index is 13.6.